The quantitative estimate of drug-likeness (QED) is 0.869. The standard InChI is InChI=1S/C17H25NO/c1-17(2,3)11-6-9-16(19)14-10-12-18-15-8-5-4-7-13(14)15/h4-5,7-8,14,18H,6,9-12H2,1-3H3. The first-order valence-electron chi connectivity index (χ1n) is 7.33. The molecule has 1 atom stereocenters. The summed E-state index contributed by atoms with van der Waals surface area (Å²) in [5.74, 6) is 0.524. The highest BCUT2D eigenvalue weighted by atomic mass is 16.1. The van der Waals surface area contributed by atoms with E-state index in [1.165, 1.54) is 5.56 Å². The fourth-order valence-electron chi connectivity index (χ4n) is 2.77. The van der Waals surface area contributed by atoms with Gasteiger partial charge in [-0.1, -0.05) is 39.0 Å². The van der Waals surface area contributed by atoms with Crippen LogP contribution in [0.5, 0.6) is 0 Å². The predicted octanol–water partition coefficient (Wildman–Crippen LogP) is 4.37. The number of ketones is 1. The Kier molecular flexibility index (Phi) is 4.28. The van der Waals surface area contributed by atoms with E-state index in [0.29, 0.717) is 11.2 Å². The Labute approximate surface area is 116 Å². The van der Waals surface area contributed by atoms with Crippen molar-refractivity contribution in [2.24, 2.45) is 5.41 Å². The SMILES string of the molecule is CC(C)(C)CCCC(=O)C1CCNc2ccccc21. The third kappa shape index (κ3) is 3.82. The van der Waals surface area contributed by atoms with E-state index in [0.717, 1.165) is 37.9 Å². The van der Waals surface area contributed by atoms with Gasteiger partial charge in [0, 0.05) is 24.6 Å². The first kappa shape index (κ1) is 14.1. The van der Waals surface area contributed by atoms with Crippen molar-refractivity contribution >= 4 is 11.5 Å². The molecule has 2 heteroatoms. The molecule has 0 aliphatic carbocycles. The van der Waals surface area contributed by atoms with E-state index in [1.54, 1.807) is 0 Å². The Morgan fingerprint density at radius 1 is 1.32 bits per heavy atom. The second-order valence-electron chi connectivity index (χ2n) is 6.74. The van der Waals surface area contributed by atoms with Gasteiger partial charge in [0.1, 0.15) is 5.78 Å². The lowest BCUT2D eigenvalue weighted by molar-refractivity contribution is -0.120. The highest BCUT2D eigenvalue weighted by Crippen LogP contribution is 2.33. The van der Waals surface area contributed by atoms with Gasteiger partial charge in [0.25, 0.3) is 0 Å². The van der Waals surface area contributed by atoms with Crippen LogP contribution in [0.25, 0.3) is 0 Å². The Hall–Kier alpha value is -1.31. The topological polar surface area (TPSA) is 29.1 Å². The van der Waals surface area contributed by atoms with E-state index in [-0.39, 0.29) is 5.92 Å². The third-order valence-corrected chi connectivity index (χ3v) is 3.82. The number of rotatable bonds is 4. The molecule has 1 unspecified atom stereocenters. The summed E-state index contributed by atoms with van der Waals surface area (Å²) in [6.07, 6.45) is 3.78. The van der Waals surface area contributed by atoms with E-state index in [4.69, 9.17) is 0 Å². The average molecular weight is 259 g/mol. The first-order chi connectivity index (χ1) is 8.97. The van der Waals surface area contributed by atoms with Crippen molar-refractivity contribution in [2.45, 2.75) is 52.4 Å². The number of fused-ring (bicyclic) bond motifs is 1. The van der Waals surface area contributed by atoms with Crippen molar-refractivity contribution < 1.29 is 4.79 Å². The molecule has 0 aromatic heterocycles. The second kappa shape index (κ2) is 5.77. The molecule has 0 spiro atoms. The largest absolute Gasteiger partial charge is 0.385 e. The van der Waals surface area contributed by atoms with E-state index in [2.05, 4.69) is 38.2 Å². The fourth-order valence-corrected chi connectivity index (χ4v) is 2.77. The summed E-state index contributed by atoms with van der Waals surface area (Å²) in [6, 6.07) is 8.22. The van der Waals surface area contributed by atoms with Gasteiger partial charge in [-0.15, -0.1) is 0 Å². The average Bonchev–Trinajstić information content (AvgIpc) is 2.36. The number of nitrogens with one attached hydrogen (secondary N) is 1. The van der Waals surface area contributed by atoms with Crippen LogP contribution in [-0.4, -0.2) is 12.3 Å². The summed E-state index contributed by atoms with van der Waals surface area (Å²) in [5, 5.41) is 3.38. The molecule has 1 aliphatic rings. The fraction of sp³-hybridized carbons (Fsp3) is 0.588. The maximum atomic E-state index is 12.4. The van der Waals surface area contributed by atoms with Crippen molar-refractivity contribution in [3.8, 4) is 0 Å². The van der Waals surface area contributed by atoms with Crippen LogP contribution >= 0.6 is 0 Å². The third-order valence-electron chi connectivity index (χ3n) is 3.82. The Morgan fingerprint density at radius 2 is 2.05 bits per heavy atom. The van der Waals surface area contributed by atoms with Crippen LogP contribution in [0.4, 0.5) is 5.69 Å². The number of Topliss-reactive ketones (excluding diaryl/α,β-unsaturated/α-hetero) is 1. The minimum atomic E-state index is 0.109. The van der Waals surface area contributed by atoms with Gasteiger partial charge in [-0.3, -0.25) is 4.79 Å². The zero-order valence-corrected chi connectivity index (χ0v) is 12.3. The molecule has 1 aromatic carbocycles. The summed E-state index contributed by atoms with van der Waals surface area (Å²) in [6.45, 7) is 7.61. The van der Waals surface area contributed by atoms with Crippen molar-refractivity contribution in [1.29, 1.82) is 0 Å². The molecule has 1 aromatic rings. The summed E-state index contributed by atoms with van der Waals surface area (Å²) >= 11 is 0. The van der Waals surface area contributed by atoms with Crippen molar-refractivity contribution in [3.63, 3.8) is 0 Å². The Bertz CT molecular complexity index is 445. The van der Waals surface area contributed by atoms with Crippen molar-refractivity contribution in [1.82, 2.24) is 0 Å². The lowest BCUT2D eigenvalue weighted by atomic mass is 9.84. The zero-order chi connectivity index (χ0) is 13.9. The number of anilines is 1. The lowest BCUT2D eigenvalue weighted by Gasteiger charge is -2.26. The lowest BCUT2D eigenvalue weighted by Crippen LogP contribution is -2.23. The number of carbonyl (C=O) groups is 1. The van der Waals surface area contributed by atoms with Gasteiger partial charge < -0.3 is 5.32 Å². The molecule has 104 valence electrons. The molecule has 0 saturated heterocycles. The van der Waals surface area contributed by atoms with Crippen LogP contribution in [-0.2, 0) is 4.79 Å². The molecule has 0 saturated carbocycles. The van der Waals surface area contributed by atoms with E-state index in [1.807, 2.05) is 12.1 Å². The second-order valence-corrected chi connectivity index (χ2v) is 6.74. The molecule has 2 nitrogen and oxygen atoms in total. The van der Waals surface area contributed by atoms with Gasteiger partial charge in [-0.05, 0) is 36.3 Å². The Balaban J connectivity index is 1.97. The van der Waals surface area contributed by atoms with Gasteiger partial charge in [-0.2, -0.15) is 0 Å². The number of benzene rings is 1. The van der Waals surface area contributed by atoms with Crippen LogP contribution in [0.3, 0.4) is 0 Å². The molecule has 0 amide bonds. The predicted molar refractivity (Wildman–Crippen MR) is 80.6 cm³/mol. The molecule has 0 radical (unpaired) electrons. The van der Waals surface area contributed by atoms with Gasteiger partial charge in [0.15, 0.2) is 0 Å². The van der Waals surface area contributed by atoms with Crippen LogP contribution in [0.2, 0.25) is 0 Å². The van der Waals surface area contributed by atoms with E-state index in [9.17, 15) is 4.79 Å². The summed E-state index contributed by atoms with van der Waals surface area (Å²) in [5.41, 5.74) is 2.66. The number of hydrogen-bond donors (Lipinski definition) is 1. The molecule has 1 aliphatic heterocycles. The molecule has 1 N–H and O–H groups in total. The Morgan fingerprint density at radius 3 is 2.79 bits per heavy atom. The highest BCUT2D eigenvalue weighted by molar-refractivity contribution is 5.88. The van der Waals surface area contributed by atoms with Gasteiger partial charge >= 0.3 is 0 Å². The first-order valence-corrected chi connectivity index (χ1v) is 7.33. The molecule has 19 heavy (non-hydrogen) atoms. The summed E-state index contributed by atoms with van der Waals surface area (Å²) in [4.78, 5) is 12.4. The molecule has 0 bridgehead atoms. The van der Waals surface area contributed by atoms with Crippen LogP contribution in [0.1, 0.15) is 57.9 Å². The highest BCUT2D eigenvalue weighted by Gasteiger charge is 2.25. The maximum Gasteiger partial charge on any atom is 0.140 e. The van der Waals surface area contributed by atoms with Crippen LogP contribution in [0, 0.1) is 5.41 Å². The molecule has 1 heterocycles. The summed E-state index contributed by atoms with van der Waals surface area (Å²) in [7, 11) is 0. The zero-order valence-electron chi connectivity index (χ0n) is 12.3. The number of hydrogen-bond acceptors (Lipinski definition) is 2. The van der Waals surface area contributed by atoms with Crippen molar-refractivity contribution in [2.75, 3.05) is 11.9 Å². The molecule has 0 fully saturated rings. The molecular formula is C17H25NO. The van der Waals surface area contributed by atoms with E-state index < -0.39 is 0 Å². The van der Waals surface area contributed by atoms with E-state index >= 15 is 0 Å². The molecule has 2 rings (SSSR count). The number of para-hydroxylation sites is 1. The van der Waals surface area contributed by atoms with Gasteiger partial charge in [0.05, 0.1) is 0 Å². The van der Waals surface area contributed by atoms with Gasteiger partial charge in [0.2, 0.25) is 0 Å². The van der Waals surface area contributed by atoms with Crippen LogP contribution < -0.4 is 5.32 Å². The smallest absolute Gasteiger partial charge is 0.140 e. The van der Waals surface area contributed by atoms with Gasteiger partial charge in [-0.25, -0.2) is 0 Å². The maximum absolute atomic E-state index is 12.4. The normalized spacial score (nSPS) is 18.6. The minimum Gasteiger partial charge on any atom is -0.385 e. The van der Waals surface area contributed by atoms with Crippen LogP contribution in [0.15, 0.2) is 24.3 Å². The molecular weight excluding hydrogens is 234 g/mol. The number of carbonyl (C=O) groups excluding carboxylic acids is 1. The summed E-state index contributed by atoms with van der Waals surface area (Å²) < 4.78 is 0. The minimum absolute atomic E-state index is 0.109. The monoisotopic (exact) mass is 259 g/mol. The van der Waals surface area contributed by atoms with Crippen molar-refractivity contribution in [3.05, 3.63) is 29.8 Å².